The molecule has 0 bridgehead atoms. The highest BCUT2D eigenvalue weighted by atomic mass is 79.9. The second-order valence-electron chi connectivity index (χ2n) is 2.89. The van der Waals surface area contributed by atoms with E-state index in [1.165, 1.54) is 0 Å². The molecule has 0 aliphatic rings. The topological polar surface area (TPSA) is 17.1 Å². The molecule has 0 aromatic heterocycles. The Morgan fingerprint density at radius 1 is 1.36 bits per heavy atom. The number of carbonyl (C=O) groups is 1. The fourth-order valence-electron chi connectivity index (χ4n) is 0.973. The molecule has 4 heteroatoms. The maximum Gasteiger partial charge on any atom is 0.190 e. The van der Waals surface area contributed by atoms with Crippen molar-refractivity contribution in [3.8, 4) is 0 Å². The molecule has 0 atom stereocenters. The Hall–Kier alpha value is 0.140. The maximum absolute atomic E-state index is 11.9. The van der Waals surface area contributed by atoms with E-state index in [2.05, 4.69) is 31.9 Å². The standard InChI is InChI=1S/C10H9Br2ClO/c1-2-10(11,12)9(14)7-3-5-8(13)6-4-7/h3-6H,2H2,1H3. The SMILES string of the molecule is CCC(Br)(Br)C(=O)c1ccc(Cl)cc1. The van der Waals surface area contributed by atoms with Crippen molar-refractivity contribution in [3.05, 3.63) is 34.9 Å². The first kappa shape index (κ1) is 12.2. The molecule has 0 heterocycles. The number of alkyl halides is 2. The van der Waals surface area contributed by atoms with Crippen molar-refractivity contribution in [2.45, 2.75) is 16.6 Å². The van der Waals surface area contributed by atoms with E-state index < -0.39 is 3.23 Å². The molecule has 1 rings (SSSR count). The first-order chi connectivity index (χ1) is 6.47. The maximum atomic E-state index is 11.9. The normalized spacial score (nSPS) is 11.4. The van der Waals surface area contributed by atoms with Gasteiger partial charge in [0.25, 0.3) is 0 Å². The van der Waals surface area contributed by atoms with Crippen molar-refractivity contribution in [2.75, 3.05) is 0 Å². The summed E-state index contributed by atoms with van der Waals surface area (Å²) in [5.74, 6) is 0.0108. The Kier molecular flexibility index (Phi) is 4.16. The highest BCUT2D eigenvalue weighted by Crippen LogP contribution is 2.33. The third-order valence-corrected chi connectivity index (χ3v) is 3.98. The molecule has 0 spiro atoms. The van der Waals surface area contributed by atoms with Crippen molar-refractivity contribution in [2.24, 2.45) is 0 Å². The first-order valence-corrected chi connectivity index (χ1v) is 6.12. The fraction of sp³-hybridized carbons (Fsp3) is 0.300. The first-order valence-electron chi connectivity index (χ1n) is 4.15. The monoisotopic (exact) mass is 338 g/mol. The van der Waals surface area contributed by atoms with Gasteiger partial charge in [-0.25, -0.2) is 0 Å². The van der Waals surface area contributed by atoms with Crippen LogP contribution >= 0.6 is 43.5 Å². The number of benzene rings is 1. The summed E-state index contributed by atoms with van der Waals surface area (Å²) < 4.78 is -0.659. The average Bonchev–Trinajstić information content (AvgIpc) is 2.18. The van der Waals surface area contributed by atoms with Crippen LogP contribution in [0.5, 0.6) is 0 Å². The molecule has 0 aliphatic heterocycles. The van der Waals surface area contributed by atoms with Crippen molar-refractivity contribution in [3.63, 3.8) is 0 Å². The van der Waals surface area contributed by atoms with E-state index in [0.717, 1.165) is 0 Å². The zero-order chi connectivity index (χ0) is 10.8. The molecular weight excluding hydrogens is 331 g/mol. The lowest BCUT2D eigenvalue weighted by molar-refractivity contribution is 0.0981. The minimum absolute atomic E-state index is 0.0108. The van der Waals surface area contributed by atoms with Gasteiger partial charge < -0.3 is 0 Å². The van der Waals surface area contributed by atoms with Gasteiger partial charge in [0, 0.05) is 10.6 Å². The van der Waals surface area contributed by atoms with E-state index in [4.69, 9.17) is 11.6 Å². The van der Waals surface area contributed by atoms with E-state index in [1.54, 1.807) is 24.3 Å². The quantitative estimate of drug-likeness (QED) is 0.588. The second kappa shape index (κ2) is 4.77. The van der Waals surface area contributed by atoms with E-state index in [0.29, 0.717) is 17.0 Å². The number of ketones is 1. The summed E-state index contributed by atoms with van der Waals surface area (Å²) in [7, 11) is 0. The third-order valence-electron chi connectivity index (χ3n) is 1.88. The summed E-state index contributed by atoms with van der Waals surface area (Å²) in [5, 5.41) is 0.632. The van der Waals surface area contributed by atoms with Crippen molar-refractivity contribution < 1.29 is 4.79 Å². The van der Waals surface area contributed by atoms with Gasteiger partial charge in [0.1, 0.15) is 3.23 Å². The lowest BCUT2D eigenvalue weighted by Gasteiger charge is -2.16. The number of Topliss-reactive ketones (excluding diaryl/α,β-unsaturated/α-hetero) is 1. The predicted molar refractivity (Wildman–Crippen MR) is 66.7 cm³/mol. The lowest BCUT2D eigenvalue weighted by atomic mass is 10.1. The van der Waals surface area contributed by atoms with Gasteiger partial charge >= 0.3 is 0 Å². The lowest BCUT2D eigenvalue weighted by Crippen LogP contribution is -2.23. The molecule has 1 aromatic rings. The molecule has 1 nitrogen and oxygen atoms in total. The Morgan fingerprint density at radius 2 is 1.86 bits per heavy atom. The second-order valence-corrected chi connectivity index (χ2v) is 7.10. The van der Waals surface area contributed by atoms with Crippen LogP contribution in [-0.2, 0) is 0 Å². The van der Waals surface area contributed by atoms with Crippen LogP contribution in [0.1, 0.15) is 23.7 Å². The van der Waals surface area contributed by atoms with Crippen LogP contribution in [0.15, 0.2) is 24.3 Å². The summed E-state index contributed by atoms with van der Waals surface area (Å²) >= 11 is 12.4. The Labute approximate surface area is 105 Å². The smallest absolute Gasteiger partial charge is 0.190 e. The number of rotatable bonds is 3. The largest absolute Gasteiger partial charge is 0.292 e. The van der Waals surface area contributed by atoms with Crippen molar-refractivity contribution in [1.82, 2.24) is 0 Å². The van der Waals surface area contributed by atoms with Gasteiger partial charge in [0.15, 0.2) is 5.78 Å². The van der Waals surface area contributed by atoms with Crippen LogP contribution in [0.2, 0.25) is 5.02 Å². The molecule has 0 N–H and O–H groups in total. The minimum atomic E-state index is -0.659. The Bertz CT molecular complexity index is 332. The molecule has 0 fully saturated rings. The van der Waals surface area contributed by atoms with Gasteiger partial charge in [0.05, 0.1) is 0 Å². The summed E-state index contributed by atoms with van der Waals surface area (Å²) in [6, 6.07) is 6.86. The minimum Gasteiger partial charge on any atom is -0.292 e. The van der Waals surface area contributed by atoms with E-state index >= 15 is 0 Å². The average molecular weight is 340 g/mol. The van der Waals surface area contributed by atoms with E-state index in [-0.39, 0.29) is 5.78 Å². The number of hydrogen-bond acceptors (Lipinski definition) is 1. The summed E-state index contributed by atoms with van der Waals surface area (Å²) in [6.07, 6.45) is 0.675. The van der Waals surface area contributed by atoms with Crippen LogP contribution in [0.3, 0.4) is 0 Å². The Morgan fingerprint density at radius 3 is 2.29 bits per heavy atom. The fourth-order valence-corrected chi connectivity index (χ4v) is 1.56. The summed E-state index contributed by atoms with van der Waals surface area (Å²) in [6.45, 7) is 1.93. The summed E-state index contributed by atoms with van der Waals surface area (Å²) in [5.41, 5.74) is 0.644. The zero-order valence-electron chi connectivity index (χ0n) is 7.56. The van der Waals surface area contributed by atoms with Gasteiger partial charge in [-0.2, -0.15) is 0 Å². The van der Waals surface area contributed by atoms with Gasteiger partial charge in [-0.3, -0.25) is 4.79 Å². The van der Waals surface area contributed by atoms with Crippen molar-refractivity contribution in [1.29, 1.82) is 0 Å². The summed E-state index contributed by atoms with van der Waals surface area (Å²) in [4.78, 5) is 11.9. The molecule has 76 valence electrons. The molecule has 0 aliphatic carbocycles. The highest BCUT2D eigenvalue weighted by Gasteiger charge is 2.30. The third kappa shape index (κ3) is 2.81. The number of hydrogen-bond donors (Lipinski definition) is 0. The zero-order valence-corrected chi connectivity index (χ0v) is 11.5. The molecule has 0 saturated carbocycles. The molecule has 0 amide bonds. The van der Waals surface area contributed by atoms with Crippen LogP contribution in [0.25, 0.3) is 0 Å². The van der Waals surface area contributed by atoms with E-state index in [1.807, 2.05) is 6.92 Å². The molecule has 0 unspecified atom stereocenters. The van der Waals surface area contributed by atoms with Gasteiger partial charge in [-0.15, -0.1) is 0 Å². The van der Waals surface area contributed by atoms with Crippen LogP contribution in [-0.4, -0.2) is 9.02 Å². The number of carbonyl (C=O) groups excluding carboxylic acids is 1. The van der Waals surface area contributed by atoms with Crippen molar-refractivity contribution >= 4 is 49.2 Å². The number of halogens is 3. The van der Waals surface area contributed by atoms with Gasteiger partial charge in [-0.05, 0) is 30.7 Å². The molecule has 0 saturated heterocycles. The highest BCUT2D eigenvalue weighted by molar-refractivity contribution is 9.25. The molecular formula is C10H9Br2ClO. The molecule has 0 radical (unpaired) electrons. The van der Waals surface area contributed by atoms with Crippen LogP contribution in [0.4, 0.5) is 0 Å². The van der Waals surface area contributed by atoms with Crippen LogP contribution < -0.4 is 0 Å². The van der Waals surface area contributed by atoms with Gasteiger partial charge in [-0.1, -0.05) is 50.4 Å². The van der Waals surface area contributed by atoms with Crippen LogP contribution in [0, 0.1) is 0 Å². The predicted octanol–water partition coefficient (Wildman–Crippen LogP) is 4.42. The van der Waals surface area contributed by atoms with Gasteiger partial charge in [0.2, 0.25) is 0 Å². The molecule has 14 heavy (non-hydrogen) atoms. The van der Waals surface area contributed by atoms with E-state index in [9.17, 15) is 4.79 Å². The Balaban J connectivity index is 2.96. The molecule has 1 aromatic carbocycles.